The molecule has 1 N–H and O–H groups in total. The van der Waals surface area contributed by atoms with Crippen LogP contribution >= 0.6 is 0 Å². The molecule has 0 radical (unpaired) electrons. The molecule has 0 aromatic heterocycles. The van der Waals surface area contributed by atoms with Crippen LogP contribution in [0.15, 0.2) is 42.5 Å². The molecule has 146 valence electrons. The minimum atomic E-state index is -0.397. The van der Waals surface area contributed by atoms with Gasteiger partial charge in [-0.25, -0.2) is 8.78 Å². The molecule has 5 nitrogen and oxygen atoms in total. The third kappa shape index (κ3) is 5.27. The molecule has 0 bridgehead atoms. The Morgan fingerprint density at radius 2 is 1.79 bits per heavy atom. The van der Waals surface area contributed by atoms with Gasteiger partial charge in [0.15, 0.2) is 0 Å². The van der Waals surface area contributed by atoms with Gasteiger partial charge in [0.05, 0.1) is 23.9 Å². The second kappa shape index (κ2) is 9.29. The van der Waals surface area contributed by atoms with Crippen molar-refractivity contribution in [3.8, 4) is 6.07 Å². The molecule has 7 heteroatoms. The third-order valence-electron chi connectivity index (χ3n) is 4.81. The number of piperazine rings is 1. The van der Waals surface area contributed by atoms with Crippen molar-refractivity contribution in [2.75, 3.05) is 44.2 Å². The SMILES string of the molecule is N#Cc1ccc(N2CCN(CC(=O)NCCc3ccc(F)cc3)CC2)c(F)c1. The molecular formula is C21H22F2N4O. The van der Waals surface area contributed by atoms with E-state index in [9.17, 15) is 13.6 Å². The van der Waals surface area contributed by atoms with Gasteiger partial charge in [0, 0.05) is 32.7 Å². The number of amides is 1. The van der Waals surface area contributed by atoms with Crippen molar-refractivity contribution in [2.45, 2.75) is 6.42 Å². The Kier molecular flexibility index (Phi) is 6.56. The Morgan fingerprint density at radius 3 is 2.43 bits per heavy atom. The zero-order valence-corrected chi connectivity index (χ0v) is 15.5. The summed E-state index contributed by atoms with van der Waals surface area (Å²) in [5, 5.41) is 11.7. The summed E-state index contributed by atoms with van der Waals surface area (Å²) in [6.45, 7) is 3.35. The minimum Gasteiger partial charge on any atom is -0.367 e. The predicted molar refractivity (Wildman–Crippen MR) is 103 cm³/mol. The van der Waals surface area contributed by atoms with E-state index >= 15 is 0 Å². The quantitative estimate of drug-likeness (QED) is 0.831. The van der Waals surface area contributed by atoms with Crippen LogP contribution in [0.1, 0.15) is 11.1 Å². The number of nitriles is 1. The van der Waals surface area contributed by atoms with Crippen molar-refractivity contribution in [2.24, 2.45) is 0 Å². The van der Waals surface area contributed by atoms with Crippen LogP contribution in [-0.2, 0) is 11.2 Å². The number of hydrogen-bond acceptors (Lipinski definition) is 4. The highest BCUT2D eigenvalue weighted by Gasteiger charge is 2.21. The maximum absolute atomic E-state index is 14.1. The van der Waals surface area contributed by atoms with Crippen molar-refractivity contribution >= 4 is 11.6 Å². The van der Waals surface area contributed by atoms with Crippen molar-refractivity contribution in [3.05, 3.63) is 65.2 Å². The lowest BCUT2D eigenvalue weighted by Gasteiger charge is -2.35. The van der Waals surface area contributed by atoms with E-state index < -0.39 is 5.82 Å². The summed E-state index contributed by atoms with van der Waals surface area (Å²) < 4.78 is 27.0. The number of anilines is 1. The lowest BCUT2D eigenvalue weighted by molar-refractivity contribution is -0.122. The van der Waals surface area contributed by atoms with Gasteiger partial charge in [-0.1, -0.05) is 12.1 Å². The molecule has 0 saturated carbocycles. The highest BCUT2D eigenvalue weighted by molar-refractivity contribution is 5.78. The molecule has 1 saturated heterocycles. The van der Waals surface area contributed by atoms with E-state index in [2.05, 4.69) is 5.32 Å². The predicted octanol–water partition coefficient (Wildman–Crippen LogP) is 2.32. The Labute approximate surface area is 163 Å². The zero-order chi connectivity index (χ0) is 19.9. The van der Waals surface area contributed by atoms with Crippen LogP contribution in [0.3, 0.4) is 0 Å². The number of nitrogens with zero attached hydrogens (tertiary/aromatic N) is 3. The van der Waals surface area contributed by atoms with Crippen LogP contribution in [0, 0.1) is 23.0 Å². The first-order valence-electron chi connectivity index (χ1n) is 9.23. The molecule has 2 aromatic carbocycles. The summed E-state index contributed by atoms with van der Waals surface area (Å²) in [6, 6.07) is 12.7. The molecule has 0 aliphatic carbocycles. The number of benzene rings is 2. The van der Waals surface area contributed by atoms with Crippen LogP contribution < -0.4 is 10.2 Å². The molecule has 0 spiro atoms. The number of hydrogen-bond donors (Lipinski definition) is 1. The first-order valence-corrected chi connectivity index (χ1v) is 9.23. The fourth-order valence-corrected chi connectivity index (χ4v) is 3.24. The molecule has 1 heterocycles. The zero-order valence-electron chi connectivity index (χ0n) is 15.5. The second-order valence-electron chi connectivity index (χ2n) is 6.77. The van der Waals surface area contributed by atoms with E-state index in [0.717, 1.165) is 5.56 Å². The summed E-state index contributed by atoms with van der Waals surface area (Å²) >= 11 is 0. The van der Waals surface area contributed by atoms with E-state index in [1.54, 1.807) is 24.3 Å². The van der Waals surface area contributed by atoms with Crippen molar-refractivity contribution < 1.29 is 13.6 Å². The van der Waals surface area contributed by atoms with E-state index in [-0.39, 0.29) is 11.7 Å². The van der Waals surface area contributed by atoms with Gasteiger partial charge < -0.3 is 10.2 Å². The lowest BCUT2D eigenvalue weighted by atomic mass is 10.1. The van der Waals surface area contributed by atoms with Gasteiger partial charge in [-0.2, -0.15) is 5.26 Å². The molecular weight excluding hydrogens is 362 g/mol. The maximum atomic E-state index is 14.1. The van der Waals surface area contributed by atoms with Crippen LogP contribution in [0.25, 0.3) is 0 Å². The standard InChI is InChI=1S/C21H22F2N4O/c22-18-4-1-16(2-5-18)7-8-25-21(28)15-26-9-11-27(12-10-26)20-6-3-17(14-24)13-19(20)23/h1-6,13H,7-12,15H2,(H,25,28). The van der Waals surface area contributed by atoms with Crippen LogP contribution in [0.4, 0.5) is 14.5 Å². The number of nitrogens with one attached hydrogen (secondary N) is 1. The van der Waals surface area contributed by atoms with Gasteiger partial charge in [-0.3, -0.25) is 9.69 Å². The topological polar surface area (TPSA) is 59.4 Å². The number of rotatable bonds is 6. The van der Waals surface area contributed by atoms with Gasteiger partial charge in [0.25, 0.3) is 0 Å². The Balaban J connectivity index is 1.40. The average molecular weight is 384 g/mol. The molecule has 1 fully saturated rings. The molecule has 0 unspecified atom stereocenters. The molecule has 28 heavy (non-hydrogen) atoms. The van der Waals surface area contributed by atoms with E-state index in [0.29, 0.717) is 56.9 Å². The Bertz CT molecular complexity index is 856. The largest absolute Gasteiger partial charge is 0.367 e. The monoisotopic (exact) mass is 384 g/mol. The number of halogens is 2. The average Bonchev–Trinajstić information content (AvgIpc) is 2.70. The molecule has 2 aromatic rings. The summed E-state index contributed by atoms with van der Waals surface area (Å²) in [5.74, 6) is -0.723. The Hall–Kier alpha value is -2.98. The lowest BCUT2D eigenvalue weighted by Crippen LogP contribution is -2.49. The van der Waals surface area contributed by atoms with Gasteiger partial charge >= 0.3 is 0 Å². The van der Waals surface area contributed by atoms with Crippen LogP contribution in [0.5, 0.6) is 0 Å². The minimum absolute atomic E-state index is 0.0554. The third-order valence-corrected chi connectivity index (χ3v) is 4.81. The van der Waals surface area contributed by atoms with E-state index in [4.69, 9.17) is 5.26 Å². The molecule has 1 aliphatic rings. The fraction of sp³-hybridized carbons (Fsp3) is 0.333. The van der Waals surface area contributed by atoms with Crippen molar-refractivity contribution in [1.29, 1.82) is 5.26 Å². The second-order valence-corrected chi connectivity index (χ2v) is 6.77. The van der Waals surface area contributed by atoms with Gasteiger partial charge in [0.1, 0.15) is 11.6 Å². The van der Waals surface area contributed by atoms with Crippen molar-refractivity contribution in [1.82, 2.24) is 10.2 Å². The molecule has 1 amide bonds. The van der Waals surface area contributed by atoms with Gasteiger partial charge in [-0.15, -0.1) is 0 Å². The first kappa shape index (κ1) is 19.8. The van der Waals surface area contributed by atoms with E-state index in [1.165, 1.54) is 18.2 Å². The van der Waals surface area contributed by atoms with Crippen LogP contribution in [0.2, 0.25) is 0 Å². The fourth-order valence-electron chi connectivity index (χ4n) is 3.24. The van der Waals surface area contributed by atoms with Gasteiger partial charge in [-0.05, 0) is 42.3 Å². The first-order chi connectivity index (χ1) is 13.5. The summed E-state index contributed by atoms with van der Waals surface area (Å²) in [5.41, 5.74) is 1.76. The van der Waals surface area contributed by atoms with E-state index in [1.807, 2.05) is 15.9 Å². The summed E-state index contributed by atoms with van der Waals surface area (Å²) in [4.78, 5) is 16.1. The molecule has 3 rings (SSSR count). The highest BCUT2D eigenvalue weighted by Crippen LogP contribution is 2.21. The molecule has 0 atom stereocenters. The highest BCUT2D eigenvalue weighted by atomic mass is 19.1. The Morgan fingerprint density at radius 1 is 1.07 bits per heavy atom. The van der Waals surface area contributed by atoms with Crippen LogP contribution in [-0.4, -0.2) is 50.1 Å². The smallest absolute Gasteiger partial charge is 0.234 e. The number of carbonyl (C=O) groups excluding carboxylic acids is 1. The molecule has 1 aliphatic heterocycles. The number of carbonyl (C=O) groups is 1. The maximum Gasteiger partial charge on any atom is 0.234 e. The van der Waals surface area contributed by atoms with Gasteiger partial charge in [0.2, 0.25) is 5.91 Å². The summed E-state index contributed by atoms with van der Waals surface area (Å²) in [7, 11) is 0. The summed E-state index contributed by atoms with van der Waals surface area (Å²) in [6.07, 6.45) is 0.651. The normalized spacial score (nSPS) is 14.5. The van der Waals surface area contributed by atoms with Crippen molar-refractivity contribution in [3.63, 3.8) is 0 Å².